The van der Waals surface area contributed by atoms with Crippen molar-refractivity contribution in [3.63, 3.8) is 0 Å². The molecule has 2 amide bonds. The normalized spacial score (nSPS) is 14.7. The molecule has 0 saturated carbocycles. The summed E-state index contributed by atoms with van der Waals surface area (Å²) in [5.74, 6) is -3.68. The number of alkyl halides is 2. The minimum atomic E-state index is -3.37. The van der Waals surface area contributed by atoms with Gasteiger partial charge in [0.2, 0.25) is 0 Å². The van der Waals surface area contributed by atoms with Crippen molar-refractivity contribution in [1.29, 1.82) is 5.26 Å². The summed E-state index contributed by atoms with van der Waals surface area (Å²) in [5, 5.41) is 16.3. The zero-order valence-corrected chi connectivity index (χ0v) is 22.3. The molecule has 2 aromatic heterocycles. The highest BCUT2D eigenvalue weighted by Crippen LogP contribution is 2.37. The summed E-state index contributed by atoms with van der Waals surface area (Å²) in [4.78, 5) is 31.9. The van der Waals surface area contributed by atoms with E-state index in [-0.39, 0.29) is 34.1 Å². The number of methoxy groups -OCH3 is 2. The monoisotopic (exact) mass is 558 g/mol. The molecule has 1 N–H and O–H groups in total. The van der Waals surface area contributed by atoms with Crippen LogP contribution in [-0.4, -0.2) is 46.8 Å². The largest absolute Gasteiger partial charge is 0.495 e. The van der Waals surface area contributed by atoms with E-state index in [0.717, 1.165) is 0 Å². The Morgan fingerprint density at radius 2 is 1.85 bits per heavy atom. The number of rotatable bonds is 7. The van der Waals surface area contributed by atoms with Crippen molar-refractivity contribution in [2.75, 3.05) is 24.4 Å². The number of benzene rings is 2. The number of hydrogen-bond acceptors (Lipinski definition) is 7. The van der Waals surface area contributed by atoms with Gasteiger partial charge >= 0.3 is 5.92 Å². The Bertz CT molecular complexity index is 1660. The Morgan fingerprint density at radius 3 is 2.49 bits per heavy atom. The molecule has 1 aliphatic rings. The molecular weight excluding hydrogens is 534 g/mol. The number of pyridine rings is 1. The fourth-order valence-electron chi connectivity index (χ4n) is 4.66. The molecule has 41 heavy (non-hydrogen) atoms. The van der Waals surface area contributed by atoms with Gasteiger partial charge in [-0.25, -0.2) is 0 Å². The summed E-state index contributed by atoms with van der Waals surface area (Å²) in [6.07, 6.45) is 2.60. The van der Waals surface area contributed by atoms with Gasteiger partial charge in [-0.3, -0.25) is 19.3 Å². The summed E-state index contributed by atoms with van der Waals surface area (Å²) in [6, 6.07) is 14.0. The van der Waals surface area contributed by atoms with Crippen LogP contribution < -0.4 is 19.7 Å². The van der Waals surface area contributed by atoms with Crippen molar-refractivity contribution in [1.82, 2.24) is 14.8 Å². The van der Waals surface area contributed by atoms with Crippen molar-refractivity contribution in [2.45, 2.75) is 25.4 Å². The molecule has 0 aliphatic carbocycles. The quantitative estimate of drug-likeness (QED) is 0.352. The van der Waals surface area contributed by atoms with E-state index >= 15 is 8.78 Å². The Morgan fingerprint density at radius 1 is 1.10 bits per heavy atom. The number of carbonyl (C=O) groups is 2. The fourth-order valence-corrected chi connectivity index (χ4v) is 4.66. The van der Waals surface area contributed by atoms with Gasteiger partial charge < -0.3 is 19.7 Å². The van der Waals surface area contributed by atoms with Crippen LogP contribution in [0.25, 0.3) is 0 Å². The van der Waals surface area contributed by atoms with E-state index in [4.69, 9.17) is 9.47 Å². The fraction of sp³-hybridized carbons (Fsp3) is 0.207. The molecule has 0 saturated heterocycles. The maximum absolute atomic E-state index is 15.2. The van der Waals surface area contributed by atoms with Crippen molar-refractivity contribution in [3.8, 4) is 17.6 Å². The molecule has 2 aromatic carbocycles. The molecule has 4 aromatic rings. The van der Waals surface area contributed by atoms with E-state index in [9.17, 15) is 14.9 Å². The van der Waals surface area contributed by atoms with Gasteiger partial charge in [0.25, 0.3) is 11.8 Å². The zero-order valence-electron chi connectivity index (χ0n) is 22.3. The van der Waals surface area contributed by atoms with E-state index in [2.05, 4.69) is 15.4 Å². The Balaban J connectivity index is 1.39. The minimum absolute atomic E-state index is 0.141. The second-order valence-corrected chi connectivity index (χ2v) is 9.30. The molecule has 1 unspecified atom stereocenters. The molecule has 12 heteroatoms. The summed E-state index contributed by atoms with van der Waals surface area (Å²) in [7, 11) is 2.84. The van der Waals surface area contributed by atoms with Gasteiger partial charge in [0.15, 0.2) is 0 Å². The zero-order chi connectivity index (χ0) is 29.3. The summed E-state index contributed by atoms with van der Waals surface area (Å²) in [5.41, 5.74) is 0.385. The van der Waals surface area contributed by atoms with Crippen LogP contribution in [0.4, 0.5) is 20.2 Å². The second kappa shape index (κ2) is 10.7. The van der Waals surface area contributed by atoms with Gasteiger partial charge in [-0.05, 0) is 49.4 Å². The molecule has 0 spiro atoms. The van der Waals surface area contributed by atoms with E-state index in [1.807, 2.05) is 13.0 Å². The van der Waals surface area contributed by atoms with Crippen LogP contribution in [0.3, 0.4) is 0 Å². The van der Waals surface area contributed by atoms with Crippen LogP contribution in [0.2, 0.25) is 0 Å². The van der Waals surface area contributed by atoms with Crippen molar-refractivity contribution < 1.29 is 27.8 Å². The van der Waals surface area contributed by atoms with Gasteiger partial charge in [-0.2, -0.15) is 19.1 Å². The molecule has 10 nitrogen and oxygen atoms in total. The van der Waals surface area contributed by atoms with Gasteiger partial charge in [-0.15, -0.1) is 0 Å². The predicted molar refractivity (Wildman–Crippen MR) is 144 cm³/mol. The highest BCUT2D eigenvalue weighted by Gasteiger charge is 2.38. The second-order valence-electron chi connectivity index (χ2n) is 9.30. The van der Waals surface area contributed by atoms with Crippen molar-refractivity contribution >= 4 is 23.2 Å². The van der Waals surface area contributed by atoms with E-state index < -0.39 is 23.4 Å². The first-order valence-electron chi connectivity index (χ1n) is 12.5. The molecule has 1 aliphatic heterocycles. The van der Waals surface area contributed by atoms with Gasteiger partial charge in [-0.1, -0.05) is 12.1 Å². The Hall–Kier alpha value is -5.31. The number of halogens is 2. The number of fused-ring (bicyclic) bond motifs is 1. The van der Waals surface area contributed by atoms with Crippen molar-refractivity contribution in [3.05, 3.63) is 95.1 Å². The standard InChI is InChI=1S/C29H24F2N6O4/c1-17-16-36-26(23(15-34-36)35-27(38)18-4-10-24(41-3)19(12-18)13-32)28(39)37(17)21-7-5-20(6-8-21)29(30,31)25-11-9-22(40-2)14-33-25/h4-12,14-15,17H,16H2,1-3H3,(H,35,38). The summed E-state index contributed by atoms with van der Waals surface area (Å²) in [6.45, 7) is 2.12. The number of nitrogens with zero attached hydrogens (tertiary/aromatic N) is 5. The molecule has 0 bridgehead atoms. The number of ether oxygens (including phenoxy) is 2. The first-order chi connectivity index (χ1) is 19.7. The number of amides is 2. The number of hydrogen-bond donors (Lipinski definition) is 1. The number of nitriles is 1. The number of anilines is 2. The number of aromatic nitrogens is 3. The average Bonchev–Trinajstić information content (AvgIpc) is 3.39. The topological polar surface area (TPSA) is 122 Å². The molecule has 3 heterocycles. The molecule has 208 valence electrons. The third-order valence-corrected chi connectivity index (χ3v) is 6.77. The summed E-state index contributed by atoms with van der Waals surface area (Å²) >= 11 is 0. The average molecular weight is 559 g/mol. The van der Waals surface area contributed by atoms with Crippen LogP contribution >= 0.6 is 0 Å². The lowest BCUT2D eigenvalue weighted by atomic mass is 10.0. The highest BCUT2D eigenvalue weighted by atomic mass is 19.3. The van der Waals surface area contributed by atoms with Crippen molar-refractivity contribution in [2.24, 2.45) is 0 Å². The van der Waals surface area contributed by atoms with E-state index in [0.29, 0.717) is 23.7 Å². The first kappa shape index (κ1) is 27.3. The molecule has 5 rings (SSSR count). The lowest BCUT2D eigenvalue weighted by Crippen LogP contribution is -2.47. The van der Waals surface area contributed by atoms with Crippen LogP contribution in [0.15, 0.2) is 67.0 Å². The number of nitrogens with one attached hydrogen (secondary N) is 1. The number of carbonyl (C=O) groups excluding carboxylic acids is 2. The lowest BCUT2D eigenvalue weighted by molar-refractivity contribution is 0.0379. The predicted octanol–water partition coefficient (Wildman–Crippen LogP) is 4.61. The van der Waals surface area contributed by atoms with E-state index in [1.165, 1.54) is 90.8 Å². The minimum Gasteiger partial charge on any atom is -0.495 e. The molecule has 1 atom stereocenters. The lowest BCUT2D eigenvalue weighted by Gasteiger charge is -2.34. The van der Waals surface area contributed by atoms with Crippen LogP contribution in [-0.2, 0) is 12.5 Å². The first-order valence-corrected chi connectivity index (χ1v) is 12.5. The Kier molecular flexibility index (Phi) is 7.11. The van der Waals surface area contributed by atoms with Gasteiger partial charge in [0, 0.05) is 16.8 Å². The van der Waals surface area contributed by atoms with Gasteiger partial charge in [0.1, 0.15) is 29.0 Å². The van der Waals surface area contributed by atoms with E-state index in [1.54, 1.807) is 0 Å². The SMILES string of the molecule is COc1ccc(C(F)(F)c2ccc(N3C(=O)c4c(NC(=O)c5ccc(OC)c(C#N)c5)cnn4CC3C)cc2)nc1. The smallest absolute Gasteiger partial charge is 0.314 e. The highest BCUT2D eigenvalue weighted by molar-refractivity contribution is 6.13. The van der Waals surface area contributed by atoms with Crippen LogP contribution in [0.1, 0.15) is 44.6 Å². The Labute approximate surface area is 233 Å². The van der Waals surface area contributed by atoms with Crippen LogP contribution in [0, 0.1) is 11.3 Å². The molecule has 0 radical (unpaired) electrons. The summed E-state index contributed by atoms with van der Waals surface area (Å²) < 4.78 is 41.9. The molecular formula is C29H24F2N6O4. The van der Waals surface area contributed by atoms with Gasteiger partial charge in [0.05, 0.1) is 50.5 Å². The maximum Gasteiger partial charge on any atom is 0.314 e. The third kappa shape index (κ3) is 4.93. The maximum atomic E-state index is 15.2. The van der Waals surface area contributed by atoms with Crippen LogP contribution in [0.5, 0.6) is 11.5 Å². The molecule has 0 fully saturated rings. The third-order valence-electron chi connectivity index (χ3n) is 6.77.